The molecule has 5 nitrogen and oxygen atoms in total. The predicted molar refractivity (Wildman–Crippen MR) is 78.0 cm³/mol. The van der Waals surface area contributed by atoms with Crippen LogP contribution in [-0.2, 0) is 0 Å². The Morgan fingerprint density at radius 3 is 2.89 bits per heavy atom. The SMILES string of the molecule is S=c1[nH]nc(-c2cccs2)n1/N=C\c1ccncc1. The Morgan fingerprint density at radius 1 is 1.32 bits per heavy atom. The minimum absolute atomic E-state index is 0.466. The third kappa shape index (κ3) is 2.51. The number of nitrogens with zero attached hydrogens (tertiary/aromatic N) is 4. The maximum Gasteiger partial charge on any atom is 0.216 e. The van der Waals surface area contributed by atoms with E-state index < -0.39 is 0 Å². The largest absolute Gasteiger partial charge is 0.265 e. The van der Waals surface area contributed by atoms with Gasteiger partial charge < -0.3 is 0 Å². The second-order valence-electron chi connectivity index (χ2n) is 3.67. The van der Waals surface area contributed by atoms with Crippen LogP contribution >= 0.6 is 23.6 Å². The summed E-state index contributed by atoms with van der Waals surface area (Å²) in [6.45, 7) is 0. The topological polar surface area (TPSA) is 58.9 Å². The number of aromatic amines is 1. The number of hydrogen-bond acceptors (Lipinski definition) is 5. The molecule has 0 atom stereocenters. The van der Waals surface area contributed by atoms with Crippen LogP contribution in [0, 0.1) is 4.77 Å². The van der Waals surface area contributed by atoms with Crippen molar-refractivity contribution in [2.24, 2.45) is 5.10 Å². The molecule has 3 rings (SSSR count). The molecule has 1 N–H and O–H groups in total. The molecule has 3 heterocycles. The summed E-state index contributed by atoms with van der Waals surface area (Å²) >= 11 is 6.78. The van der Waals surface area contributed by atoms with E-state index in [1.54, 1.807) is 34.6 Å². The highest BCUT2D eigenvalue weighted by atomic mass is 32.1. The van der Waals surface area contributed by atoms with Gasteiger partial charge in [-0.25, -0.2) is 5.10 Å². The number of nitrogens with one attached hydrogen (secondary N) is 1. The number of pyridine rings is 1. The van der Waals surface area contributed by atoms with Gasteiger partial charge in [-0.1, -0.05) is 6.07 Å². The number of H-pyrrole nitrogens is 1. The minimum atomic E-state index is 0.466. The van der Waals surface area contributed by atoms with Gasteiger partial charge in [-0.05, 0) is 41.4 Å². The average Bonchev–Trinajstić information content (AvgIpc) is 3.07. The van der Waals surface area contributed by atoms with E-state index in [1.165, 1.54) is 0 Å². The van der Waals surface area contributed by atoms with Crippen molar-refractivity contribution in [2.45, 2.75) is 0 Å². The van der Waals surface area contributed by atoms with Crippen molar-refractivity contribution in [1.29, 1.82) is 0 Å². The summed E-state index contributed by atoms with van der Waals surface area (Å²) in [5, 5.41) is 13.3. The zero-order chi connectivity index (χ0) is 13.1. The van der Waals surface area contributed by atoms with Crippen molar-refractivity contribution in [1.82, 2.24) is 19.9 Å². The lowest BCUT2D eigenvalue weighted by Gasteiger charge is -1.97. The highest BCUT2D eigenvalue weighted by Gasteiger charge is 2.08. The molecule has 0 aliphatic heterocycles. The average molecular weight is 287 g/mol. The van der Waals surface area contributed by atoms with Gasteiger partial charge in [-0.3, -0.25) is 4.98 Å². The fourth-order valence-electron chi connectivity index (χ4n) is 1.54. The first-order valence-corrected chi connectivity index (χ1v) is 6.79. The first-order valence-electron chi connectivity index (χ1n) is 5.50. The summed E-state index contributed by atoms with van der Waals surface area (Å²) in [6.07, 6.45) is 5.16. The summed E-state index contributed by atoms with van der Waals surface area (Å²) in [6, 6.07) is 7.69. The Kier molecular flexibility index (Phi) is 3.30. The van der Waals surface area contributed by atoms with Crippen molar-refractivity contribution in [3.63, 3.8) is 0 Å². The fourth-order valence-corrected chi connectivity index (χ4v) is 2.42. The van der Waals surface area contributed by atoms with E-state index in [0.29, 0.717) is 10.6 Å². The van der Waals surface area contributed by atoms with E-state index in [4.69, 9.17) is 12.2 Å². The van der Waals surface area contributed by atoms with Gasteiger partial charge in [0.15, 0.2) is 5.82 Å². The van der Waals surface area contributed by atoms with Crippen LogP contribution in [0.1, 0.15) is 5.56 Å². The molecule has 0 radical (unpaired) electrons. The van der Waals surface area contributed by atoms with Crippen molar-refractivity contribution in [3.05, 3.63) is 52.4 Å². The predicted octanol–water partition coefficient (Wildman–Crippen LogP) is 2.95. The monoisotopic (exact) mass is 287 g/mol. The Morgan fingerprint density at radius 2 is 2.16 bits per heavy atom. The molecular weight excluding hydrogens is 278 g/mol. The molecule has 0 saturated carbocycles. The zero-order valence-corrected chi connectivity index (χ0v) is 11.4. The molecule has 0 aromatic carbocycles. The molecule has 0 spiro atoms. The lowest BCUT2D eigenvalue weighted by molar-refractivity contribution is 0.873. The van der Waals surface area contributed by atoms with E-state index in [9.17, 15) is 0 Å². The number of hydrogen-bond donors (Lipinski definition) is 1. The standard InChI is InChI=1S/C12H9N5S2/c18-12-16-15-11(10-2-1-7-19-10)17(12)14-8-9-3-5-13-6-4-9/h1-8H,(H,16,18)/b14-8-. The van der Waals surface area contributed by atoms with Gasteiger partial charge in [0.1, 0.15) is 0 Å². The highest BCUT2D eigenvalue weighted by Crippen LogP contribution is 2.22. The van der Waals surface area contributed by atoms with Crippen molar-refractivity contribution in [3.8, 4) is 10.7 Å². The van der Waals surface area contributed by atoms with E-state index in [1.807, 2.05) is 29.6 Å². The van der Waals surface area contributed by atoms with Crippen LogP contribution in [0.25, 0.3) is 10.7 Å². The summed E-state index contributed by atoms with van der Waals surface area (Å²) in [5.74, 6) is 0.713. The Balaban J connectivity index is 2.00. The van der Waals surface area contributed by atoms with Crippen LogP contribution in [-0.4, -0.2) is 26.1 Å². The molecule has 94 valence electrons. The molecule has 0 fully saturated rings. The van der Waals surface area contributed by atoms with E-state index in [2.05, 4.69) is 20.3 Å². The second-order valence-corrected chi connectivity index (χ2v) is 5.00. The lowest BCUT2D eigenvalue weighted by Crippen LogP contribution is -1.93. The zero-order valence-electron chi connectivity index (χ0n) is 9.72. The minimum Gasteiger partial charge on any atom is -0.265 e. The van der Waals surface area contributed by atoms with Crippen molar-refractivity contribution in [2.75, 3.05) is 0 Å². The number of thiophene rings is 1. The van der Waals surface area contributed by atoms with Crippen molar-refractivity contribution >= 4 is 29.8 Å². The molecule has 0 amide bonds. The normalized spacial score (nSPS) is 11.2. The van der Waals surface area contributed by atoms with Crippen LogP contribution in [0.5, 0.6) is 0 Å². The third-order valence-electron chi connectivity index (χ3n) is 2.42. The quantitative estimate of drug-likeness (QED) is 0.595. The summed E-state index contributed by atoms with van der Waals surface area (Å²) in [5.41, 5.74) is 0.954. The van der Waals surface area contributed by atoms with E-state index in [-0.39, 0.29) is 0 Å². The maximum atomic E-state index is 5.19. The summed E-state index contributed by atoms with van der Waals surface area (Å²) < 4.78 is 2.08. The van der Waals surface area contributed by atoms with Crippen LogP contribution in [0.4, 0.5) is 0 Å². The van der Waals surface area contributed by atoms with Gasteiger partial charge in [0, 0.05) is 12.4 Å². The van der Waals surface area contributed by atoms with Gasteiger partial charge in [-0.15, -0.1) is 11.3 Å². The first-order chi connectivity index (χ1) is 9.34. The Labute approximate surface area is 118 Å². The number of aromatic nitrogens is 4. The third-order valence-corrected chi connectivity index (χ3v) is 3.55. The van der Waals surface area contributed by atoms with Gasteiger partial charge >= 0.3 is 0 Å². The van der Waals surface area contributed by atoms with E-state index in [0.717, 1.165) is 10.4 Å². The lowest BCUT2D eigenvalue weighted by atomic mass is 10.3. The van der Waals surface area contributed by atoms with Gasteiger partial charge in [0.2, 0.25) is 4.77 Å². The molecular formula is C12H9N5S2. The summed E-state index contributed by atoms with van der Waals surface area (Å²) in [7, 11) is 0. The molecule has 0 saturated heterocycles. The molecule has 0 unspecified atom stereocenters. The van der Waals surface area contributed by atoms with Crippen LogP contribution in [0.2, 0.25) is 0 Å². The second kappa shape index (κ2) is 5.25. The molecule has 3 aromatic rings. The first kappa shape index (κ1) is 11.9. The highest BCUT2D eigenvalue weighted by molar-refractivity contribution is 7.71. The molecule has 19 heavy (non-hydrogen) atoms. The van der Waals surface area contributed by atoms with E-state index >= 15 is 0 Å². The van der Waals surface area contributed by atoms with Gasteiger partial charge in [-0.2, -0.15) is 14.9 Å². The summed E-state index contributed by atoms with van der Waals surface area (Å²) in [4.78, 5) is 4.97. The molecule has 3 aromatic heterocycles. The van der Waals surface area contributed by atoms with Crippen LogP contribution in [0.3, 0.4) is 0 Å². The smallest absolute Gasteiger partial charge is 0.216 e. The van der Waals surface area contributed by atoms with Gasteiger partial charge in [0.25, 0.3) is 0 Å². The van der Waals surface area contributed by atoms with Crippen LogP contribution in [0.15, 0.2) is 47.1 Å². The fraction of sp³-hybridized carbons (Fsp3) is 0. The van der Waals surface area contributed by atoms with Crippen LogP contribution < -0.4 is 0 Å². The maximum absolute atomic E-state index is 5.19. The Bertz CT molecular complexity index is 740. The van der Waals surface area contributed by atoms with Gasteiger partial charge in [0.05, 0.1) is 11.1 Å². The molecule has 7 heteroatoms. The number of rotatable bonds is 3. The Hall–Kier alpha value is -2.12. The van der Waals surface area contributed by atoms with Crippen molar-refractivity contribution < 1.29 is 0 Å². The molecule has 0 bridgehead atoms. The molecule has 0 aliphatic rings. The molecule has 0 aliphatic carbocycles.